The average molecular weight is 503 g/mol. The summed E-state index contributed by atoms with van der Waals surface area (Å²) in [5.41, 5.74) is 0. The summed E-state index contributed by atoms with van der Waals surface area (Å²) in [7, 11) is 0. The molecule has 28 heavy (non-hydrogen) atoms. The van der Waals surface area contributed by atoms with Crippen LogP contribution in [0.3, 0.4) is 0 Å². The maximum absolute atomic E-state index is 5.73. The number of halogens is 1. The van der Waals surface area contributed by atoms with Gasteiger partial charge in [0.25, 0.3) is 0 Å². The fourth-order valence-electron chi connectivity index (χ4n) is 4.19. The van der Waals surface area contributed by atoms with Crippen LogP contribution in [0.2, 0.25) is 0 Å². The zero-order valence-electron chi connectivity index (χ0n) is 17.5. The molecule has 0 amide bonds. The van der Waals surface area contributed by atoms with E-state index in [0.29, 0.717) is 5.92 Å². The van der Waals surface area contributed by atoms with Gasteiger partial charge in [0.1, 0.15) is 5.76 Å². The summed E-state index contributed by atoms with van der Waals surface area (Å²) in [5.74, 6) is 2.54. The smallest absolute Gasteiger partial charge is 0.191 e. The van der Waals surface area contributed by atoms with E-state index in [4.69, 9.17) is 9.41 Å². The van der Waals surface area contributed by atoms with Crippen molar-refractivity contribution in [1.82, 2.24) is 20.4 Å². The number of hydrogen-bond donors (Lipinski definition) is 2. The second kappa shape index (κ2) is 12.7. The van der Waals surface area contributed by atoms with Gasteiger partial charge in [-0.05, 0) is 76.8 Å². The number of rotatable bonds is 9. The van der Waals surface area contributed by atoms with Crippen LogP contribution >= 0.6 is 24.0 Å². The van der Waals surface area contributed by atoms with Gasteiger partial charge >= 0.3 is 0 Å². The lowest BCUT2D eigenvalue weighted by atomic mass is 10.2. The molecule has 3 heterocycles. The number of guanidine groups is 1. The Morgan fingerprint density at radius 3 is 2.50 bits per heavy atom. The van der Waals surface area contributed by atoms with Gasteiger partial charge in [-0.2, -0.15) is 0 Å². The van der Waals surface area contributed by atoms with Gasteiger partial charge in [0.05, 0.1) is 12.3 Å². The van der Waals surface area contributed by atoms with E-state index in [0.717, 1.165) is 51.0 Å². The lowest BCUT2D eigenvalue weighted by Gasteiger charge is -2.27. The van der Waals surface area contributed by atoms with Crippen molar-refractivity contribution in [2.45, 2.75) is 45.6 Å². The Bertz CT molecular complexity index is 553. The van der Waals surface area contributed by atoms with Crippen molar-refractivity contribution < 1.29 is 4.42 Å². The fraction of sp³-hybridized carbons (Fsp3) is 0.762. The van der Waals surface area contributed by atoms with Crippen LogP contribution in [0.25, 0.3) is 0 Å². The van der Waals surface area contributed by atoms with E-state index in [2.05, 4.69) is 40.3 Å². The molecule has 0 radical (unpaired) electrons. The first-order valence-electron chi connectivity index (χ1n) is 10.8. The summed E-state index contributed by atoms with van der Waals surface area (Å²) in [6.45, 7) is 13.0. The molecule has 2 saturated heterocycles. The van der Waals surface area contributed by atoms with Crippen molar-refractivity contribution in [1.29, 1.82) is 0 Å². The highest BCUT2D eigenvalue weighted by Crippen LogP contribution is 2.24. The standard InChI is InChI=1S/C21H37N5O.HI/c1-3-22-21(23-15-18(2)17-25-10-4-5-11-25)24-16-19(20-9-8-14-27-20)26-12-6-7-13-26;/h8-9,14,18-19H,3-7,10-13,15-17H2,1-2H3,(H2,22,23,24);1H. The van der Waals surface area contributed by atoms with Crippen molar-refractivity contribution in [2.24, 2.45) is 10.9 Å². The Kier molecular flexibility index (Phi) is 10.6. The molecule has 2 N–H and O–H groups in total. The van der Waals surface area contributed by atoms with Crippen molar-refractivity contribution in [3.63, 3.8) is 0 Å². The Balaban J connectivity index is 0.00000280. The van der Waals surface area contributed by atoms with Gasteiger partial charge in [0.2, 0.25) is 0 Å². The third-order valence-corrected chi connectivity index (χ3v) is 5.59. The van der Waals surface area contributed by atoms with E-state index >= 15 is 0 Å². The summed E-state index contributed by atoms with van der Waals surface area (Å²) in [6.07, 6.45) is 7.03. The lowest BCUT2D eigenvalue weighted by molar-refractivity contribution is 0.215. The average Bonchev–Trinajstić information content (AvgIpc) is 3.42. The molecule has 7 heteroatoms. The van der Waals surface area contributed by atoms with Crippen molar-refractivity contribution in [2.75, 3.05) is 52.4 Å². The topological polar surface area (TPSA) is 56.0 Å². The predicted molar refractivity (Wildman–Crippen MR) is 126 cm³/mol. The van der Waals surface area contributed by atoms with Gasteiger partial charge in [-0.3, -0.25) is 9.89 Å². The van der Waals surface area contributed by atoms with E-state index in [1.165, 1.54) is 38.8 Å². The normalized spacial score (nSPS) is 20.7. The first-order valence-corrected chi connectivity index (χ1v) is 10.8. The second-order valence-corrected chi connectivity index (χ2v) is 7.99. The van der Waals surface area contributed by atoms with E-state index < -0.39 is 0 Å². The van der Waals surface area contributed by atoms with E-state index in [1.54, 1.807) is 6.26 Å². The van der Waals surface area contributed by atoms with E-state index in [1.807, 2.05) is 6.07 Å². The third-order valence-electron chi connectivity index (χ3n) is 5.59. The molecule has 0 bridgehead atoms. The quantitative estimate of drug-likeness (QED) is 0.308. The summed E-state index contributed by atoms with van der Waals surface area (Å²) in [4.78, 5) is 9.94. The number of aliphatic imine (C=N–C) groups is 1. The molecule has 1 aromatic heterocycles. The molecular weight excluding hydrogens is 465 g/mol. The summed E-state index contributed by atoms with van der Waals surface area (Å²) >= 11 is 0. The minimum atomic E-state index is 0. The molecule has 2 aliphatic heterocycles. The number of hydrogen-bond acceptors (Lipinski definition) is 4. The minimum Gasteiger partial charge on any atom is -0.468 e. The molecule has 2 aliphatic rings. The van der Waals surface area contributed by atoms with Gasteiger partial charge in [0, 0.05) is 26.2 Å². The molecule has 2 unspecified atom stereocenters. The number of nitrogens with one attached hydrogen (secondary N) is 2. The van der Waals surface area contributed by atoms with Crippen LogP contribution in [0.1, 0.15) is 51.3 Å². The maximum Gasteiger partial charge on any atom is 0.191 e. The highest BCUT2D eigenvalue weighted by Gasteiger charge is 2.25. The molecule has 0 aromatic carbocycles. The SMILES string of the molecule is CCNC(=NCC(C)CN1CCCC1)NCC(c1ccco1)N1CCCC1.I. The van der Waals surface area contributed by atoms with Crippen LogP contribution in [-0.4, -0.2) is 68.1 Å². The van der Waals surface area contributed by atoms with Crippen LogP contribution in [0.4, 0.5) is 0 Å². The van der Waals surface area contributed by atoms with E-state index in [-0.39, 0.29) is 30.0 Å². The van der Waals surface area contributed by atoms with Crippen molar-refractivity contribution in [3.05, 3.63) is 24.2 Å². The molecule has 6 nitrogen and oxygen atoms in total. The van der Waals surface area contributed by atoms with Crippen LogP contribution in [0.15, 0.2) is 27.8 Å². The Morgan fingerprint density at radius 2 is 1.86 bits per heavy atom. The van der Waals surface area contributed by atoms with Gasteiger partial charge in [0.15, 0.2) is 5.96 Å². The molecule has 0 saturated carbocycles. The van der Waals surface area contributed by atoms with Crippen LogP contribution in [0, 0.1) is 5.92 Å². The molecule has 1 aromatic rings. The van der Waals surface area contributed by atoms with Crippen molar-refractivity contribution in [3.8, 4) is 0 Å². The monoisotopic (exact) mass is 503 g/mol. The lowest BCUT2D eigenvalue weighted by Crippen LogP contribution is -2.43. The summed E-state index contributed by atoms with van der Waals surface area (Å²) in [5, 5.41) is 6.96. The third kappa shape index (κ3) is 7.22. The van der Waals surface area contributed by atoms with E-state index in [9.17, 15) is 0 Å². The van der Waals surface area contributed by atoms with Crippen LogP contribution in [-0.2, 0) is 0 Å². The summed E-state index contributed by atoms with van der Waals surface area (Å²) in [6, 6.07) is 4.35. The van der Waals surface area contributed by atoms with Gasteiger partial charge in [-0.1, -0.05) is 6.92 Å². The van der Waals surface area contributed by atoms with Crippen LogP contribution < -0.4 is 10.6 Å². The molecule has 2 fully saturated rings. The highest BCUT2D eigenvalue weighted by atomic mass is 127. The summed E-state index contributed by atoms with van der Waals surface area (Å²) < 4.78 is 5.73. The zero-order chi connectivity index (χ0) is 18.9. The van der Waals surface area contributed by atoms with Gasteiger partial charge in [-0.25, -0.2) is 0 Å². The first kappa shape index (κ1) is 23.5. The molecule has 3 rings (SSSR count). The fourth-order valence-corrected chi connectivity index (χ4v) is 4.19. The number of likely N-dealkylation sites (tertiary alicyclic amines) is 2. The Hall–Kier alpha value is -0.800. The Morgan fingerprint density at radius 1 is 1.14 bits per heavy atom. The van der Waals surface area contributed by atoms with Crippen molar-refractivity contribution >= 4 is 29.9 Å². The molecule has 0 aliphatic carbocycles. The molecular formula is C21H38IN5O. The largest absolute Gasteiger partial charge is 0.468 e. The molecule has 0 spiro atoms. The maximum atomic E-state index is 5.73. The zero-order valence-corrected chi connectivity index (χ0v) is 19.9. The second-order valence-electron chi connectivity index (χ2n) is 7.99. The minimum absolute atomic E-state index is 0. The number of furan rings is 1. The molecule has 160 valence electrons. The van der Waals surface area contributed by atoms with Gasteiger partial charge < -0.3 is 20.0 Å². The Labute approximate surface area is 187 Å². The molecule has 2 atom stereocenters. The predicted octanol–water partition coefficient (Wildman–Crippen LogP) is 3.32. The van der Waals surface area contributed by atoms with Crippen LogP contribution in [0.5, 0.6) is 0 Å². The van der Waals surface area contributed by atoms with Gasteiger partial charge in [-0.15, -0.1) is 24.0 Å². The highest BCUT2D eigenvalue weighted by molar-refractivity contribution is 14.0. The first-order chi connectivity index (χ1) is 13.3. The number of nitrogens with zero attached hydrogens (tertiary/aromatic N) is 3.